The van der Waals surface area contributed by atoms with Crippen LogP contribution in [0.4, 0.5) is 10.2 Å². The molecule has 0 radical (unpaired) electrons. The van der Waals surface area contributed by atoms with Crippen LogP contribution in [0, 0.1) is 17.1 Å². The van der Waals surface area contributed by atoms with Crippen molar-refractivity contribution in [2.45, 2.75) is 37.5 Å². The fourth-order valence-corrected chi connectivity index (χ4v) is 4.16. The van der Waals surface area contributed by atoms with Crippen molar-refractivity contribution in [3.63, 3.8) is 0 Å². The van der Waals surface area contributed by atoms with Crippen molar-refractivity contribution in [1.29, 1.82) is 5.26 Å². The van der Waals surface area contributed by atoms with Gasteiger partial charge in [-0.05, 0) is 37.1 Å². The summed E-state index contributed by atoms with van der Waals surface area (Å²) < 4.78 is 14.6. The third-order valence-electron chi connectivity index (χ3n) is 4.51. The van der Waals surface area contributed by atoms with E-state index in [0.717, 1.165) is 0 Å². The first-order valence-electron chi connectivity index (χ1n) is 8.73. The van der Waals surface area contributed by atoms with Gasteiger partial charge in [0.2, 0.25) is 0 Å². The number of hydrogen-bond donors (Lipinski definition) is 2. The Labute approximate surface area is 166 Å². The number of carbonyl (C=O) groups excluding carboxylic acids is 1. The molecule has 0 saturated carbocycles. The summed E-state index contributed by atoms with van der Waals surface area (Å²) in [6.45, 7) is 3.92. The first-order chi connectivity index (χ1) is 13.4. The first-order valence-corrected chi connectivity index (χ1v) is 9.61. The summed E-state index contributed by atoms with van der Waals surface area (Å²) in [7, 11) is 0. The van der Waals surface area contributed by atoms with Crippen molar-refractivity contribution in [3.8, 4) is 6.07 Å². The monoisotopic (exact) mass is 398 g/mol. The molecular weight excluding hydrogens is 379 g/mol. The van der Waals surface area contributed by atoms with Crippen LogP contribution >= 0.6 is 11.8 Å². The minimum atomic E-state index is -0.869. The molecule has 0 aromatic carbocycles. The molecule has 9 heteroatoms. The van der Waals surface area contributed by atoms with Gasteiger partial charge in [0.05, 0.1) is 5.56 Å². The minimum absolute atomic E-state index is 0.127. The second-order valence-corrected chi connectivity index (χ2v) is 7.95. The maximum Gasteiger partial charge on any atom is 0.275 e. The van der Waals surface area contributed by atoms with E-state index in [9.17, 15) is 9.18 Å². The lowest BCUT2D eigenvalue weighted by Crippen LogP contribution is -2.36. The minimum Gasteiger partial charge on any atom is -0.379 e. The van der Waals surface area contributed by atoms with Crippen LogP contribution in [0.25, 0.3) is 0 Å². The highest BCUT2D eigenvalue weighted by Gasteiger charge is 2.39. The number of amidine groups is 1. The van der Waals surface area contributed by atoms with Gasteiger partial charge in [0.1, 0.15) is 34.6 Å². The number of aliphatic imine (C=N–C) groups is 1. The molecule has 1 amide bonds. The summed E-state index contributed by atoms with van der Waals surface area (Å²) in [6.07, 6.45) is 2.42. The molecule has 0 spiro atoms. The number of aromatic nitrogens is 2. The maximum absolute atomic E-state index is 14.6. The van der Waals surface area contributed by atoms with Gasteiger partial charge in [-0.15, -0.1) is 0 Å². The second kappa shape index (κ2) is 7.94. The van der Waals surface area contributed by atoms with Gasteiger partial charge in [0, 0.05) is 11.4 Å². The van der Waals surface area contributed by atoms with Gasteiger partial charge in [-0.25, -0.2) is 19.4 Å². The standard InChI is InChI=1S/C19H19FN6OS/c1-3-19(8-11(2)28-18(22)26-19)16-13(20)5-7-15(24-16)25-17(27)14-6-4-12(9-21)10-23-14/h4-7,10-11H,3,8H2,1-2H3,(H2,22,26)(H,24,25,27). The molecule has 2 aromatic rings. The summed E-state index contributed by atoms with van der Waals surface area (Å²) in [5, 5.41) is 12.0. The third kappa shape index (κ3) is 3.97. The van der Waals surface area contributed by atoms with Crippen LogP contribution < -0.4 is 11.1 Å². The molecule has 2 aromatic heterocycles. The van der Waals surface area contributed by atoms with Crippen LogP contribution in [0.5, 0.6) is 0 Å². The van der Waals surface area contributed by atoms with Gasteiger partial charge in [-0.1, -0.05) is 25.6 Å². The Morgan fingerprint density at radius 2 is 2.25 bits per heavy atom. The second-order valence-electron chi connectivity index (χ2n) is 6.49. The van der Waals surface area contributed by atoms with Gasteiger partial charge in [-0.3, -0.25) is 4.79 Å². The highest BCUT2D eigenvalue weighted by Crippen LogP contribution is 2.41. The Hall–Kier alpha value is -2.99. The molecule has 28 heavy (non-hydrogen) atoms. The predicted molar refractivity (Wildman–Crippen MR) is 106 cm³/mol. The predicted octanol–water partition coefficient (Wildman–Crippen LogP) is 3.19. The number of nitrogens with one attached hydrogen (secondary N) is 1. The lowest BCUT2D eigenvalue weighted by atomic mass is 9.86. The van der Waals surface area contributed by atoms with E-state index in [1.807, 2.05) is 19.9 Å². The molecule has 144 valence electrons. The SMILES string of the molecule is CCC1(c2nc(NC(=O)c3ccc(C#N)cn3)ccc2F)CC(C)SC(N)=N1. The third-order valence-corrected chi connectivity index (χ3v) is 5.41. The number of carbonyl (C=O) groups is 1. The van der Waals surface area contributed by atoms with E-state index in [4.69, 9.17) is 11.0 Å². The quantitative estimate of drug-likeness (QED) is 0.817. The molecule has 3 rings (SSSR count). The normalized spacial score (nSPS) is 21.5. The Kier molecular flexibility index (Phi) is 5.61. The molecule has 0 aliphatic carbocycles. The molecule has 3 N–H and O–H groups in total. The summed E-state index contributed by atoms with van der Waals surface area (Å²) in [5.41, 5.74) is 5.71. The molecular formula is C19H19FN6OS. The van der Waals surface area contributed by atoms with E-state index in [-0.39, 0.29) is 22.5 Å². The molecule has 7 nitrogen and oxygen atoms in total. The van der Waals surface area contributed by atoms with Crippen molar-refractivity contribution >= 4 is 28.7 Å². The molecule has 3 heterocycles. The number of nitrogens with two attached hydrogens (primary N) is 1. The molecule has 0 bridgehead atoms. The van der Waals surface area contributed by atoms with Gasteiger partial charge in [-0.2, -0.15) is 5.26 Å². The number of rotatable bonds is 4. The van der Waals surface area contributed by atoms with E-state index in [1.54, 1.807) is 0 Å². The average Bonchev–Trinajstić information content (AvgIpc) is 2.68. The molecule has 1 aliphatic heterocycles. The number of nitriles is 1. The number of halogens is 1. The highest BCUT2D eigenvalue weighted by atomic mass is 32.2. The zero-order chi connectivity index (χ0) is 20.3. The largest absolute Gasteiger partial charge is 0.379 e. The van der Waals surface area contributed by atoms with Crippen molar-refractivity contribution in [2.75, 3.05) is 5.32 Å². The van der Waals surface area contributed by atoms with E-state index < -0.39 is 17.3 Å². The summed E-state index contributed by atoms with van der Waals surface area (Å²) in [4.78, 5) is 25.2. The summed E-state index contributed by atoms with van der Waals surface area (Å²) in [6, 6.07) is 7.53. The number of anilines is 1. The van der Waals surface area contributed by atoms with E-state index in [0.29, 0.717) is 23.6 Å². The molecule has 2 atom stereocenters. The zero-order valence-corrected chi connectivity index (χ0v) is 16.3. The molecule has 0 saturated heterocycles. The fraction of sp³-hybridized carbons (Fsp3) is 0.316. The summed E-state index contributed by atoms with van der Waals surface area (Å²) >= 11 is 1.45. The Bertz CT molecular complexity index is 971. The molecule has 1 aliphatic rings. The Morgan fingerprint density at radius 3 is 2.86 bits per heavy atom. The van der Waals surface area contributed by atoms with Gasteiger partial charge >= 0.3 is 0 Å². The highest BCUT2D eigenvalue weighted by molar-refractivity contribution is 8.14. The van der Waals surface area contributed by atoms with E-state index in [2.05, 4.69) is 20.3 Å². The Balaban J connectivity index is 1.92. The van der Waals surface area contributed by atoms with Gasteiger partial charge in [0.25, 0.3) is 5.91 Å². The smallest absolute Gasteiger partial charge is 0.275 e. The number of pyridine rings is 2. The zero-order valence-electron chi connectivity index (χ0n) is 15.4. The van der Waals surface area contributed by atoms with Crippen LogP contribution in [-0.4, -0.2) is 26.3 Å². The van der Waals surface area contributed by atoms with Crippen molar-refractivity contribution in [1.82, 2.24) is 9.97 Å². The van der Waals surface area contributed by atoms with Crippen LogP contribution in [-0.2, 0) is 5.54 Å². The Morgan fingerprint density at radius 1 is 1.46 bits per heavy atom. The average molecular weight is 398 g/mol. The van der Waals surface area contributed by atoms with Crippen LogP contribution in [0.2, 0.25) is 0 Å². The molecule has 0 fully saturated rings. The number of nitrogens with zero attached hydrogens (tertiary/aromatic N) is 4. The fourth-order valence-electron chi connectivity index (χ4n) is 3.16. The van der Waals surface area contributed by atoms with E-state index >= 15 is 0 Å². The lowest BCUT2D eigenvalue weighted by molar-refractivity contribution is 0.102. The number of hydrogen-bond acceptors (Lipinski definition) is 7. The van der Waals surface area contributed by atoms with Gasteiger partial charge < -0.3 is 11.1 Å². The van der Waals surface area contributed by atoms with Crippen molar-refractivity contribution in [3.05, 3.63) is 53.2 Å². The van der Waals surface area contributed by atoms with Crippen LogP contribution in [0.3, 0.4) is 0 Å². The topological polar surface area (TPSA) is 117 Å². The summed E-state index contributed by atoms with van der Waals surface area (Å²) in [5.74, 6) is -0.803. The maximum atomic E-state index is 14.6. The van der Waals surface area contributed by atoms with Crippen molar-refractivity contribution < 1.29 is 9.18 Å². The number of amides is 1. The number of thioether (sulfide) groups is 1. The molecule has 2 unspecified atom stereocenters. The van der Waals surface area contributed by atoms with Crippen LogP contribution in [0.1, 0.15) is 48.4 Å². The van der Waals surface area contributed by atoms with Crippen LogP contribution in [0.15, 0.2) is 35.5 Å². The first kappa shape index (κ1) is 19.8. The lowest BCUT2D eigenvalue weighted by Gasteiger charge is -2.35. The van der Waals surface area contributed by atoms with Crippen molar-refractivity contribution in [2.24, 2.45) is 10.7 Å². The van der Waals surface area contributed by atoms with Gasteiger partial charge in [0.15, 0.2) is 5.17 Å². The van der Waals surface area contributed by atoms with E-state index in [1.165, 1.54) is 42.2 Å².